The number of hydrogen-bond acceptors (Lipinski definition) is 4. The largest absolute Gasteiger partial charge is 0.315 e. The number of nitrogens with one attached hydrogen (secondary N) is 1. The van der Waals surface area contributed by atoms with Crippen molar-refractivity contribution in [1.29, 1.82) is 0 Å². The van der Waals surface area contributed by atoms with Crippen molar-refractivity contribution in [2.45, 2.75) is 31.7 Å². The summed E-state index contributed by atoms with van der Waals surface area (Å²) in [5.74, 6) is 1.15. The zero-order valence-corrected chi connectivity index (χ0v) is 15.4. The second kappa shape index (κ2) is 6.93. The lowest BCUT2D eigenvalue weighted by Gasteiger charge is -2.09. The molecule has 25 heavy (non-hydrogen) atoms. The van der Waals surface area contributed by atoms with Crippen LogP contribution < -0.4 is 4.72 Å². The van der Waals surface area contributed by atoms with Gasteiger partial charge in [0, 0.05) is 13.2 Å². The van der Waals surface area contributed by atoms with Gasteiger partial charge in [-0.05, 0) is 42.2 Å². The molecular weight excluding hydrogens is 336 g/mol. The summed E-state index contributed by atoms with van der Waals surface area (Å²) in [5, 5.41) is 0. The van der Waals surface area contributed by atoms with Crippen LogP contribution in [0.2, 0.25) is 0 Å². The summed E-state index contributed by atoms with van der Waals surface area (Å²) in [5.41, 5.74) is 2.61. The molecule has 132 valence electrons. The molecule has 0 saturated carbocycles. The molecule has 1 aromatic carbocycles. The van der Waals surface area contributed by atoms with E-state index in [1.54, 1.807) is 22.9 Å². The predicted octanol–water partition coefficient (Wildman–Crippen LogP) is 2.65. The summed E-state index contributed by atoms with van der Waals surface area (Å²) in [6.45, 7) is 4.39. The van der Waals surface area contributed by atoms with E-state index in [2.05, 4.69) is 28.5 Å². The molecular formula is C18H22N4O2S. The summed E-state index contributed by atoms with van der Waals surface area (Å²) < 4.78 is 29.4. The number of aromatic nitrogens is 3. The van der Waals surface area contributed by atoms with Crippen molar-refractivity contribution < 1.29 is 8.42 Å². The third-order valence-corrected chi connectivity index (χ3v) is 5.44. The Labute approximate surface area is 148 Å². The second-order valence-corrected chi connectivity index (χ2v) is 8.27. The first-order chi connectivity index (χ1) is 11.9. The van der Waals surface area contributed by atoms with E-state index in [1.165, 1.54) is 0 Å². The van der Waals surface area contributed by atoms with Gasteiger partial charge in [0.25, 0.3) is 0 Å². The fraction of sp³-hybridized carbons (Fsp3) is 0.333. The van der Waals surface area contributed by atoms with Gasteiger partial charge in [-0.25, -0.2) is 23.1 Å². The van der Waals surface area contributed by atoms with E-state index >= 15 is 0 Å². The Morgan fingerprint density at radius 1 is 1.16 bits per heavy atom. The average molecular weight is 358 g/mol. The highest BCUT2D eigenvalue weighted by Crippen LogP contribution is 2.15. The maximum atomic E-state index is 12.5. The Hall–Kier alpha value is -2.25. The summed E-state index contributed by atoms with van der Waals surface area (Å²) in [7, 11) is -1.76. The molecule has 0 aliphatic heterocycles. The van der Waals surface area contributed by atoms with Crippen LogP contribution in [0.3, 0.4) is 0 Å². The maximum absolute atomic E-state index is 12.5. The first-order valence-electron chi connectivity index (χ1n) is 8.22. The lowest BCUT2D eigenvalue weighted by molar-refractivity contribution is 0.577. The van der Waals surface area contributed by atoms with Crippen molar-refractivity contribution in [1.82, 2.24) is 19.3 Å². The fourth-order valence-electron chi connectivity index (χ4n) is 2.75. The topological polar surface area (TPSA) is 76.9 Å². The SMILES string of the molecule is CC(C)Cc1ccc(S(=O)(=O)NCc2nc3cccnc3n2C)cc1. The van der Waals surface area contributed by atoms with Crippen LogP contribution in [0.4, 0.5) is 0 Å². The molecule has 3 aromatic rings. The number of hydrogen-bond donors (Lipinski definition) is 1. The van der Waals surface area contributed by atoms with Crippen LogP contribution in [-0.4, -0.2) is 23.0 Å². The number of sulfonamides is 1. The summed E-state index contributed by atoms with van der Waals surface area (Å²) in [6.07, 6.45) is 2.62. The van der Waals surface area contributed by atoms with Gasteiger partial charge in [0.05, 0.1) is 11.4 Å². The third-order valence-electron chi connectivity index (χ3n) is 4.02. The van der Waals surface area contributed by atoms with Crippen LogP contribution in [0.5, 0.6) is 0 Å². The lowest BCUT2D eigenvalue weighted by Crippen LogP contribution is -2.24. The van der Waals surface area contributed by atoms with E-state index in [0.717, 1.165) is 23.1 Å². The van der Waals surface area contributed by atoms with Gasteiger partial charge in [0.1, 0.15) is 11.3 Å². The highest BCUT2D eigenvalue weighted by atomic mass is 32.2. The third kappa shape index (κ3) is 3.88. The number of aryl methyl sites for hydroxylation is 1. The van der Waals surface area contributed by atoms with E-state index in [4.69, 9.17) is 0 Å². The maximum Gasteiger partial charge on any atom is 0.240 e. The van der Waals surface area contributed by atoms with Crippen LogP contribution in [0.25, 0.3) is 11.2 Å². The van der Waals surface area contributed by atoms with Crippen LogP contribution in [0.1, 0.15) is 25.2 Å². The highest BCUT2D eigenvalue weighted by Gasteiger charge is 2.16. The van der Waals surface area contributed by atoms with Crippen LogP contribution in [0, 0.1) is 5.92 Å². The fourth-order valence-corrected chi connectivity index (χ4v) is 3.73. The number of imidazole rings is 1. The molecule has 1 N–H and O–H groups in total. The minimum Gasteiger partial charge on any atom is -0.315 e. The molecule has 0 atom stereocenters. The van der Waals surface area contributed by atoms with Gasteiger partial charge in [-0.1, -0.05) is 26.0 Å². The molecule has 2 aromatic heterocycles. The number of fused-ring (bicyclic) bond motifs is 1. The van der Waals surface area contributed by atoms with Crippen molar-refractivity contribution >= 4 is 21.2 Å². The number of benzene rings is 1. The molecule has 0 spiro atoms. The number of rotatable bonds is 6. The zero-order valence-electron chi connectivity index (χ0n) is 14.6. The Bertz CT molecular complexity index is 976. The molecule has 0 radical (unpaired) electrons. The monoisotopic (exact) mass is 358 g/mol. The highest BCUT2D eigenvalue weighted by molar-refractivity contribution is 7.89. The lowest BCUT2D eigenvalue weighted by atomic mass is 10.0. The van der Waals surface area contributed by atoms with Crippen molar-refractivity contribution in [3.63, 3.8) is 0 Å². The molecule has 0 bridgehead atoms. The van der Waals surface area contributed by atoms with Crippen LogP contribution in [-0.2, 0) is 30.0 Å². The van der Waals surface area contributed by atoms with E-state index in [-0.39, 0.29) is 11.4 Å². The van der Waals surface area contributed by atoms with Crippen molar-refractivity contribution in [2.24, 2.45) is 13.0 Å². The van der Waals surface area contributed by atoms with Crippen LogP contribution in [0.15, 0.2) is 47.5 Å². The van der Waals surface area contributed by atoms with Crippen molar-refractivity contribution in [3.05, 3.63) is 54.0 Å². The van der Waals surface area contributed by atoms with Gasteiger partial charge in [-0.3, -0.25) is 0 Å². The summed E-state index contributed by atoms with van der Waals surface area (Å²) >= 11 is 0. The summed E-state index contributed by atoms with van der Waals surface area (Å²) in [4.78, 5) is 8.95. The van der Waals surface area contributed by atoms with E-state index in [9.17, 15) is 8.42 Å². The first kappa shape index (κ1) is 17.6. The molecule has 3 rings (SSSR count). The predicted molar refractivity (Wildman–Crippen MR) is 97.5 cm³/mol. The minimum absolute atomic E-state index is 0.114. The normalized spacial score (nSPS) is 12.2. The smallest absolute Gasteiger partial charge is 0.240 e. The van der Waals surface area contributed by atoms with Gasteiger partial charge in [0.15, 0.2) is 5.65 Å². The van der Waals surface area contributed by atoms with Gasteiger partial charge in [0.2, 0.25) is 10.0 Å². The Balaban J connectivity index is 1.75. The second-order valence-electron chi connectivity index (χ2n) is 6.50. The van der Waals surface area contributed by atoms with E-state index < -0.39 is 10.0 Å². The molecule has 2 heterocycles. The standard InChI is InChI=1S/C18H22N4O2S/c1-13(2)11-14-6-8-15(9-7-14)25(23,24)20-12-17-21-16-5-4-10-19-18(16)22(17)3/h4-10,13,20H,11-12H2,1-3H3. The zero-order chi connectivity index (χ0) is 18.0. The van der Waals surface area contributed by atoms with Gasteiger partial charge >= 0.3 is 0 Å². The van der Waals surface area contributed by atoms with Gasteiger partial charge in [-0.2, -0.15) is 0 Å². The molecule has 0 amide bonds. The average Bonchev–Trinajstić information content (AvgIpc) is 2.90. The minimum atomic E-state index is -3.58. The quantitative estimate of drug-likeness (QED) is 0.735. The number of pyridine rings is 1. The van der Waals surface area contributed by atoms with Crippen molar-refractivity contribution in [2.75, 3.05) is 0 Å². The van der Waals surface area contributed by atoms with Crippen LogP contribution >= 0.6 is 0 Å². The van der Waals surface area contributed by atoms with Gasteiger partial charge in [-0.15, -0.1) is 0 Å². The summed E-state index contributed by atoms with van der Waals surface area (Å²) in [6, 6.07) is 10.7. The van der Waals surface area contributed by atoms with Crippen molar-refractivity contribution in [3.8, 4) is 0 Å². The van der Waals surface area contributed by atoms with Gasteiger partial charge < -0.3 is 4.57 Å². The Kier molecular flexibility index (Phi) is 4.87. The number of nitrogens with zero attached hydrogens (tertiary/aromatic N) is 3. The molecule has 0 aliphatic rings. The molecule has 6 nitrogen and oxygen atoms in total. The Morgan fingerprint density at radius 2 is 1.88 bits per heavy atom. The van der Waals surface area contributed by atoms with E-state index in [1.807, 2.05) is 31.3 Å². The molecule has 7 heteroatoms. The molecule has 0 saturated heterocycles. The molecule has 0 fully saturated rings. The Morgan fingerprint density at radius 3 is 2.52 bits per heavy atom. The van der Waals surface area contributed by atoms with E-state index in [0.29, 0.717) is 11.7 Å². The molecule has 0 unspecified atom stereocenters. The molecule has 0 aliphatic carbocycles. The first-order valence-corrected chi connectivity index (χ1v) is 9.70.